The van der Waals surface area contributed by atoms with Gasteiger partial charge in [-0.15, -0.1) is 0 Å². The second-order valence-corrected chi connectivity index (χ2v) is 8.12. The van der Waals surface area contributed by atoms with Crippen LogP contribution in [0.25, 0.3) is 0 Å². The zero-order valence-corrected chi connectivity index (χ0v) is 15.1. The van der Waals surface area contributed by atoms with Gasteiger partial charge in [0, 0.05) is 25.2 Å². The Morgan fingerprint density at radius 1 is 1.17 bits per heavy atom. The molecule has 0 radical (unpaired) electrons. The summed E-state index contributed by atoms with van der Waals surface area (Å²) in [5.41, 5.74) is 5.49. The number of nitrogens with zero attached hydrogens (tertiary/aromatic N) is 1. The number of nitrogens with one attached hydrogen (secondary N) is 1. The lowest BCUT2D eigenvalue weighted by Gasteiger charge is -2.39. The molecule has 0 aromatic rings. The minimum Gasteiger partial charge on any atom is -0.444 e. The standard InChI is InChI=1S/C18H35N3O2/c1-18(2,3)23-17(22)21-11-7-6-9-15(21)13-20-16-10-5-4-8-14(16)12-19/h14-16,20H,4-13,19H2,1-3H3. The first-order valence-electron chi connectivity index (χ1n) is 9.34. The van der Waals surface area contributed by atoms with Crippen molar-refractivity contribution in [3.8, 4) is 0 Å². The zero-order chi connectivity index (χ0) is 16.9. The molecule has 3 unspecified atom stereocenters. The number of likely N-dealkylation sites (tertiary alicyclic amines) is 1. The quantitative estimate of drug-likeness (QED) is 0.834. The van der Waals surface area contributed by atoms with Crippen LogP contribution in [-0.4, -0.2) is 48.3 Å². The second-order valence-electron chi connectivity index (χ2n) is 8.12. The highest BCUT2D eigenvalue weighted by Gasteiger charge is 2.31. The monoisotopic (exact) mass is 325 g/mol. The van der Waals surface area contributed by atoms with E-state index >= 15 is 0 Å². The Hall–Kier alpha value is -0.810. The fourth-order valence-electron chi connectivity index (χ4n) is 3.82. The van der Waals surface area contributed by atoms with Crippen LogP contribution in [0.3, 0.4) is 0 Å². The molecule has 1 amide bonds. The SMILES string of the molecule is CC(C)(C)OC(=O)N1CCCCC1CNC1CCCCC1CN. The minimum atomic E-state index is -0.430. The second kappa shape index (κ2) is 8.34. The minimum absolute atomic E-state index is 0.164. The van der Waals surface area contributed by atoms with Gasteiger partial charge in [0.2, 0.25) is 0 Å². The Morgan fingerprint density at radius 3 is 2.57 bits per heavy atom. The Balaban J connectivity index is 1.89. The first-order chi connectivity index (χ1) is 10.9. The maximum Gasteiger partial charge on any atom is 0.410 e. The van der Waals surface area contributed by atoms with Crippen molar-refractivity contribution in [2.45, 2.75) is 83.4 Å². The summed E-state index contributed by atoms with van der Waals surface area (Å²) in [4.78, 5) is 14.4. The number of carbonyl (C=O) groups is 1. The van der Waals surface area contributed by atoms with Crippen molar-refractivity contribution in [1.29, 1.82) is 0 Å². The highest BCUT2D eigenvalue weighted by molar-refractivity contribution is 5.68. The maximum atomic E-state index is 12.5. The van der Waals surface area contributed by atoms with Gasteiger partial charge in [0.05, 0.1) is 0 Å². The van der Waals surface area contributed by atoms with Gasteiger partial charge >= 0.3 is 6.09 Å². The van der Waals surface area contributed by atoms with Gasteiger partial charge in [-0.1, -0.05) is 12.8 Å². The predicted octanol–water partition coefficient (Wildman–Crippen LogP) is 2.88. The van der Waals surface area contributed by atoms with Crippen LogP contribution in [-0.2, 0) is 4.74 Å². The molecule has 2 aliphatic rings. The van der Waals surface area contributed by atoms with E-state index in [1.165, 1.54) is 32.1 Å². The summed E-state index contributed by atoms with van der Waals surface area (Å²) in [5, 5.41) is 3.71. The number of rotatable bonds is 4. The average Bonchev–Trinajstić information content (AvgIpc) is 2.51. The van der Waals surface area contributed by atoms with Crippen molar-refractivity contribution in [2.75, 3.05) is 19.6 Å². The van der Waals surface area contributed by atoms with Gasteiger partial charge in [0.1, 0.15) is 5.60 Å². The third kappa shape index (κ3) is 5.64. The van der Waals surface area contributed by atoms with Crippen molar-refractivity contribution in [3.63, 3.8) is 0 Å². The van der Waals surface area contributed by atoms with E-state index in [1.54, 1.807) is 0 Å². The van der Waals surface area contributed by atoms with E-state index in [0.29, 0.717) is 12.0 Å². The molecule has 3 atom stereocenters. The molecule has 1 aliphatic heterocycles. The smallest absolute Gasteiger partial charge is 0.410 e. The van der Waals surface area contributed by atoms with Crippen LogP contribution < -0.4 is 11.1 Å². The molecule has 3 N–H and O–H groups in total. The van der Waals surface area contributed by atoms with Crippen LogP contribution >= 0.6 is 0 Å². The summed E-state index contributed by atoms with van der Waals surface area (Å²) < 4.78 is 5.58. The molecule has 5 nitrogen and oxygen atoms in total. The zero-order valence-electron chi connectivity index (χ0n) is 15.1. The summed E-state index contributed by atoms with van der Waals surface area (Å²) in [6, 6.07) is 0.759. The van der Waals surface area contributed by atoms with E-state index in [2.05, 4.69) is 5.32 Å². The van der Waals surface area contributed by atoms with Crippen molar-refractivity contribution in [1.82, 2.24) is 10.2 Å². The van der Waals surface area contributed by atoms with Crippen LogP contribution in [0.15, 0.2) is 0 Å². The molecule has 0 bridgehead atoms. The molecular formula is C18H35N3O2. The molecule has 1 aliphatic carbocycles. The van der Waals surface area contributed by atoms with Gasteiger partial charge < -0.3 is 20.7 Å². The molecule has 1 saturated carbocycles. The Kier molecular flexibility index (Phi) is 6.72. The molecule has 1 heterocycles. The highest BCUT2D eigenvalue weighted by atomic mass is 16.6. The number of hydrogen-bond acceptors (Lipinski definition) is 4. The molecule has 5 heteroatoms. The van der Waals surface area contributed by atoms with Crippen LogP contribution in [0.5, 0.6) is 0 Å². The number of carbonyl (C=O) groups excluding carboxylic acids is 1. The molecule has 0 aromatic heterocycles. The van der Waals surface area contributed by atoms with Gasteiger partial charge in [0.25, 0.3) is 0 Å². The van der Waals surface area contributed by atoms with Gasteiger partial charge in [0.15, 0.2) is 0 Å². The van der Waals surface area contributed by atoms with Crippen LogP contribution in [0.2, 0.25) is 0 Å². The molecule has 0 spiro atoms. The normalized spacial score (nSPS) is 29.4. The van der Waals surface area contributed by atoms with Gasteiger partial charge in [-0.3, -0.25) is 0 Å². The first kappa shape index (κ1) is 18.5. The van der Waals surface area contributed by atoms with E-state index in [1.807, 2.05) is 25.7 Å². The summed E-state index contributed by atoms with van der Waals surface area (Å²) in [7, 11) is 0. The fraction of sp³-hybridized carbons (Fsp3) is 0.944. The van der Waals surface area contributed by atoms with E-state index in [4.69, 9.17) is 10.5 Å². The van der Waals surface area contributed by atoms with Crippen LogP contribution in [0, 0.1) is 5.92 Å². The van der Waals surface area contributed by atoms with Crippen molar-refractivity contribution < 1.29 is 9.53 Å². The lowest BCUT2D eigenvalue weighted by molar-refractivity contribution is 0.00927. The Labute approximate surface area is 141 Å². The molecule has 0 aromatic carbocycles. The summed E-state index contributed by atoms with van der Waals surface area (Å²) >= 11 is 0. The van der Waals surface area contributed by atoms with E-state index < -0.39 is 5.60 Å². The van der Waals surface area contributed by atoms with Crippen LogP contribution in [0.1, 0.15) is 65.7 Å². The number of ether oxygens (including phenoxy) is 1. The largest absolute Gasteiger partial charge is 0.444 e. The van der Waals surface area contributed by atoms with Crippen molar-refractivity contribution in [3.05, 3.63) is 0 Å². The third-order valence-electron chi connectivity index (χ3n) is 5.08. The van der Waals surface area contributed by atoms with Gasteiger partial charge in [-0.2, -0.15) is 0 Å². The maximum absolute atomic E-state index is 12.5. The van der Waals surface area contributed by atoms with Gasteiger partial charge in [-0.25, -0.2) is 4.79 Å². The molecule has 2 fully saturated rings. The van der Waals surface area contributed by atoms with Crippen molar-refractivity contribution >= 4 is 6.09 Å². The van der Waals surface area contributed by atoms with Crippen LogP contribution in [0.4, 0.5) is 4.79 Å². The molecule has 23 heavy (non-hydrogen) atoms. The lowest BCUT2D eigenvalue weighted by atomic mass is 9.84. The third-order valence-corrected chi connectivity index (χ3v) is 5.08. The lowest BCUT2D eigenvalue weighted by Crippen LogP contribution is -2.53. The number of amides is 1. The molecule has 1 saturated heterocycles. The Morgan fingerprint density at radius 2 is 1.87 bits per heavy atom. The number of hydrogen-bond donors (Lipinski definition) is 2. The average molecular weight is 325 g/mol. The topological polar surface area (TPSA) is 67.6 Å². The summed E-state index contributed by atoms with van der Waals surface area (Å²) in [6.07, 6.45) is 8.19. The number of nitrogens with two attached hydrogens (primary N) is 1. The fourth-order valence-corrected chi connectivity index (χ4v) is 3.82. The van der Waals surface area contributed by atoms with Crippen molar-refractivity contribution in [2.24, 2.45) is 11.7 Å². The molecule has 134 valence electrons. The summed E-state index contributed by atoms with van der Waals surface area (Å²) in [6.45, 7) is 8.21. The Bertz CT molecular complexity index is 381. The molecule has 2 rings (SSSR count). The van der Waals surface area contributed by atoms with E-state index in [9.17, 15) is 4.79 Å². The number of piperidine rings is 1. The molecular weight excluding hydrogens is 290 g/mol. The van der Waals surface area contributed by atoms with E-state index in [-0.39, 0.29) is 12.1 Å². The highest BCUT2D eigenvalue weighted by Crippen LogP contribution is 2.25. The van der Waals surface area contributed by atoms with E-state index in [0.717, 1.165) is 32.5 Å². The first-order valence-corrected chi connectivity index (χ1v) is 9.34. The summed E-state index contributed by atoms with van der Waals surface area (Å²) in [5.74, 6) is 0.585. The van der Waals surface area contributed by atoms with Gasteiger partial charge in [-0.05, 0) is 65.3 Å². The predicted molar refractivity (Wildman–Crippen MR) is 93.4 cm³/mol.